The van der Waals surface area contributed by atoms with Crippen molar-refractivity contribution < 1.29 is 19.1 Å². The highest BCUT2D eigenvalue weighted by molar-refractivity contribution is 7.20. The third-order valence-electron chi connectivity index (χ3n) is 5.62. The first-order valence-corrected chi connectivity index (χ1v) is 12.5. The SMILES string of the molecule is COc1ccccc1CCN(C)c1sc(N)c(C)c1C(=O)N(C=O)C(C)(C)C(=O)NC(C)C.N=CC=N. The van der Waals surface area contributed by atoms with E-state index in [0.29, 0.717) is 40.5 Å². The summed E-state index contributed by atoms with van der Waals surface area (Å²) in [6.07, 6.45) is 2.93. The molecule has 0 saturated heterocycles. The number of anilines is 2. The Hall–Kier alpha value is -3.73. The summed E-state index contributed by atoms with van der Waals surface area (Å²) in [6, 6.07) is 7.64. The predicted octanol–water partition coefficient (Wildman–Crippen LogP) is 3.51. The lowest BCUT2D eigenvalue weighted by molar-refractivity contribution is -0.136. The van der Waals surface area contributed by atoms with E-state index < -0.39 is 17.4 Å². The van der Waals surface area contributed by atoms with Crippen molar-refractivity contribution in [2.24, 2.45) is 0 Å². The highest BCUT2D eigenvalue weighted by atomic mass is 32.1. The minimum atomic E-state index is -1.38. The van der Waals surface area contributed by atoms with Gasteiger partial charge in [0.2, 0.25) is 12.3 Å². The van der Waals surface area contributed by atoms with Crippen LogP contribution in [0, 0.1) is 17.7 Å². The van der Waals surface area contributed by atoms with Gasteiger partial charge in [-0.2, -0.15) is 0 Å². The molecule has 0 saturated carbocycles. The normalized spacial score (nSPS) is 10.6. The summed E-state index contributed by atoms with van der Waals surface area (Å²) in [5.41, 5.74) is 6.77. The molecule has 0 unspecified atom stereocenters. The summed E-state index contributed by atoms with van der Waals surface area (Å²) in [4.78, 5) is 41.2. The molecule has 11 heteroatoms. The first-order valence-electron chi connectivity index (χ1n) is 11.7. The van der Waals surface area contributed by atoms with E-state index in [9.17, 15) is 14.4 Å². The first kappa shape index (κ1) is 31.3. The van der Waals surface area contributed by atoms with Crippen molar-refractivity contribution in [2.45, 2.75) is 52.6 Å². The Labute approximate surface area is 222 Å². The standard InChI is InChI=1S/C24H34N4O4S.C2H4N2/c1-15(2)26-23(31)24(4,5)28(14-29)21(30)19-16(3)20(25)33-22(19)27(6)13-12-17-10-8-9-11-18(17)32-7;3-1-2-4/h8-11,14-15H,12-13,25H2,1-7H3,(H,26,31);1-4H. The zero-order valence-corrected chi connectivity index (χ0v) is 23.4. The molecule has 0 spiro atoms. The minimum Gasteiger partial charge on any atom is -0.496 e. The molecular weight excluding hydrogens is 492 g/mol. The summed E-state index contributed by atoms with van der Waals surface area (Å²) >= 11 is 1.29. The van der Waals surface area contributed by atoms with Crippen LogP contribution in [0.1, 0.15) is 49.2 Å². The van der Waals surface area contributed by atoms with Gasteiger partial charge in [-0.3, -0.25) is 19.3 Å². The number of nitrogen functional groups attached to an aromatic ring is 1. The molecule has 1 heterocycles. The van der Waals surface area contributed by atoms with Crippen LogP contribution in [0.25, 0.3) is 0 Å². The molecule has 37 heavy (non-hydrogen) atoms. The first-order chi connectivity index (χ1) is 17.4. The minimum absolute atomic E-state index is 0.129. The largest absolute Gasteiger partial charge is 0.496 e. The highest BCUT2D eigenvalue weighted by Crippen LogP contribution is 2.39. The number of carbonyl (C=O) groups excluding carboxylic acids is 3. The number of nitrogens with zero attached hydrogens (tertiary/aromatic N) is 2. The van der Waals surface area contributed by atoms with Gasteiger partial charge in [-0.1, -0.05) is 18.2 Å². The summed E-state index contributed by atoms with van der Waals surface area (Å²) in [7, 11) is 3.51. The molecule has 1 aromatic heterocycles. The van der Waals surface area contributed by atoms with Gasteiger partial charge in [0.1, 0.15) is 16.3 Å². The number of methoxy groups -OCH3 is 1. The van der Waals surface area contributed by atoms with Crippen LogP contribution in [0.15, 0.2) is 24.3 Å². The van der Waals surface area contributed by atoms with Gasteiger partial charge in [-0.15, -0.1) is 11.3 Å². The Morgan fingerprint density at radius 1 is 1.22 bits per heavy atom. The summed E-state index contributed by atoms with van der Waals surface area (Å²) in [5.74, 6) is -0.169. The Bertz CT molecular complexity index is 1110. The van der Waals surface area contributed by atoms with Gasteiger partial charge in [0.25, 0.3) is 5.91 Å². The number of hydrogen-bond acceptors (Lipinski definition) is 9. The van der Waals surface area contributed by atoms with E-state index in [1.54, 1.807) is 27.9 Å². The quantitative estimate of drug-likeness (QED) is 0.258. The highest BCUT2D eigenvalue weighted by Gasteiger charge is 2.40. The van der Waals surface area contributed by atoms with Crippen LogP contribution in [0.3, 0.4) is 0 Å². The molecule has 0 aliphatic rings. The molecule has 0 fully saturated rings. The maximum Gasteiger partial charge on any atom is 0.264 e. The number of imide groups is 1. The van der Waals surface area contributed by atoms with Crippen molar-refractivity contribution >= 4 is 52.0 Å². The number of amides is 3. The molecule has 0 bridgehead atoms. The average Bonchev–Trinajstić information content (AvgIpc) is 3.16. The molecule has 5 N–H and O–H groups in total. The summed E-state index contributed by atoms with van der Waals surface area (Å²) in [6.45, 7) is 9.08. The van der Waals surface area contributed by atoms with Crippen LogP contribution in [0.2, 0.25) is 0 Å². The molecular formula is C26H38N6O4S. The molecule has 2 aromatic rings. The number of benzene rings is 1. The van der Waals surface area contributed by atoms with Crippen LogP contribution in [-0.4, -0.2) is 67.8 Å². The monoisotopic (exact) mass is 530 g/mol. The third kappa shape index (κ3) is 7.88. The fourth-order valence-corrected chi connectivity index (χ4v) is 4.49. The van der Waals surface area contributed by atoms with Crippen LogP contribution >= 0.6 is 11.3 Å². The van der Waals surface area contributed by atoms with Crippen LogP contribution < -0.4 is 20.7 Å². The summed E-state index contributed by atoms with van der Waals surface area (Å²) < 4.78 is 5.43. The second kappa shape index (κ2) is 14.1. The van der Waals surface area contributed by atoms with E-state index in [0.717, 1.165) is 28.6 Å². The molecule has 202 valence electrons. The molecule has 1 aromatic carbocycles. The van der Waals surface area contributed by atoms with Crippen LogP contribution in [-0.2, 0) is 16.0 Å². The average molecular weight is 531 g/mol. The van der Waals surface area contributed by atoms with E-state index in [-0.39, 0.29) is 6.04 Å². The van der Waals surface area contributed by atoms with E-state index in [1.165, 1.54) is 11.3 Å². The van der Waals surface area contributed by atoms with E-state index in [1.807, 2.05) is 50.1 Å². The number of thiophene rings is 1. The molecule has 10 nitrogen and oxygen atoms in total. The number of nitrogens with one attached hydrogen (secondary N) is 3. The lowest BCUT2D eigenvalue weighted by Gasteiger charge is -2.34. The van der Waals surface area contributed by atoms with Crippen LogP contribution in [0.4, 0.5) is 10.0 Å². The van der Waals surface area contributed by atoms with E-state index in [2.05, 4.69) is 5.32 Å². The second-order valence-electron chi connectivity index (χ2n) is 9.06. The number of ether oxygens (including phenoxy) is 1. The molecule has 3 amide bonds. The number of rotatable bonds is 11. The molecule has 0 aliphatic carbocycles. The number of para-hydroxylation sites is 1. The van der Waals surface area contributed by atoms with Gasteiger partial charge < -0.3 is 31.5 Å². The van der Waals surface area contributed by atoms with E-state index in [4.69, 9.17) is 21.3 Å². The maximum atomic E-state index is 13.6. The fraction of sp³-hybridized carbons (Fsp3) is 0.423. The number of carbonyl (C=O) groups is 3. The fourth-order valence-electron chi connectivity index (χ4n) is 3.44. The van der Waals surface area contributed by atoms with Gasteiger partial charge in [0.15, 0.2) is 0 Å². The third-order valence-corrected chi connectivity index (χ3v) is 6.86. The topological polar surface area (TPSA) is 153 Å². The second-order valence-corrected chi connectivity index (χ2v) is 10.1. The van der Waals surface area contributed by atoms with Gasteiger partial charge in [0, 0.05) is 32.1 Å². The maximum absolute atomic E-state index is 13.6. The van der Waals surface area contributed by atoms with Crippen molar-refractivity contribution in [2.75, 3.05) is 31.3 Å². The molecule has 0 atom stereocenters. The van der Waals surface area contributed by atoms with Gasteiger partial charge in [-0.05, 0) is 58.2 Å². The van der Waals surface area contributed by atoms with Crippen molar-refractivity contribution in [1.82, 2.24) is 10.2 Å². The van der Waals surface area contributed by atoms with Gasteiger partial charge >= 0.3 is 0 Å². The Balaban J connectivity index is 0.00000159. The number of nitrogens with two attached hydrogens (primary N) is 1. The lowest BCUT2D eigenvalue weighted by atomic mass is 9.99. The Morgan fingerprint density at radius 2 is 1.81 bits per heavy atom. The Morgan fingerprint density at radius 3 is 2.32 bits per heavy atom. The number of hydrogen-bond donors (Lipinski definition) is 4. The lowest BCUT2D eigenvalue weighted by Crippen LogP contribution is -2.57. The van der Waals surface area contributed by atoms with E-state index >= 15 is 0 Å². The van der Waals surface area contributed by atoms with Crippen molar-refractivity contribution in [1.29, 1.82) is 10.8 Å². The molecule has 0 aliphatic heterocycles. The smallest absolute Gasteiger partial charge is 0.264 e. The van der Waals surface area contributed by atoms with Gasteiger partial charge in [0.05, 0.1) is 17.7 Å². The van der Waals surface area contributed by atoms with Crippen molar-refractivity contribution in [3.63, 3.8) is 0 Å². The Kier molecular flexibility index (Phi) is 11.9. The predicted molar refractivity (Wildman–Crippen MR) is 151 cm³/mol. The van der Waals surface area contributed by atoms with Crippen LogP contribution in [0.5, 0.6) is 5.75 Å². The van der Waals surface area contributed by atoms with Gasteiger partial charge in [-0.25, -0.2) is 0 Å². The molecule has 2 rings (SSSR count). The van der Waals surface area contributed by atoms with Crippen molar-refractivity contribution in [3.05, 3.63) is 41.0 Å². The summed E-state index contributed by atoms with van der Waals surface area (Å²) in [5, 5.41) is 16.1. The number of likely N-dealkylation sites (N-methyl/N-ethyl adjacent to an activating group) is 1. The molecule has 0 radical (unpaired) electrons. The zero-order valence-electron chi connectivity index (χ0n) is 22.5. The van der Waals surface area contributed by atoms with Crippen molar-refractivity contribution in [3.8, 4) is 5.75 Å². The zero-order chi connectivity index (χ0) is 28.3.